The molecule has 0 bridgehead atoms. The van der Waals surface area contributed by atoms with Crippen LogP contribution in [0.25, 0.3) is 0 Å². The van der Waals surface area contributed by atoms with E-state index in [-0.39, 0.29) is 11.8 Å². The van der Waals surface area contributed by atoms with Crippen LogP contribution in [-0.4, -0.2) is 37.3 Å². The van der Waals surface area contributed by atoms with Crippen LogP contribution in [0.1, 0.15) is 32.3 Å². The molecule has 120 valence electrons. The summed E-state index contributed by atoms with van der Waals surface area (Å²) in [7, 11) is 1.60. The van der Waals surface area contributed by atoms with Crippen molar-refractivity contribution in [2.45, 2.75) is 38.3 Å². The molecule has 2 rings (SSSR count). The summed E-state index contributed by atoms with van der Waals surface area (Å²) in [5, 5.41) is 5.43. The Balaban J connectivity index is 2.10. The molecule has 2 amide bonds. The Hall–Kier alpha value is -2.24. The smallest absolute Gasteiger partial charge is 0.408 e. The minimum Gasteiger partial charge on any atom is -0.497 e. The van der Waals surface area contributed by atoms with Gasteiger partial charge in [-0.25, -0.2) is 4.79 Å². The summed E-state index contributed by atoms with van der Waals surface area (Å²) in [6.07, 6.45) is -0.590. The highest BCUT2D eigenvalue weighted by atomic mass is 16.6. The zero-order chi connectivity index (χ0) is 16.3. The molecule has 1 aliphatic heterocycles. The fourth-order valence-corrected chi connectivity index (χ4v) is 2.38. The molecule has 1 fully saturated rings. The molecule has 0 spiro atoms. The van der Waals surface area contributed by atoms with E-state index in [4.69, 9.17) is 9.47 Å². The van der Waals surface area contributed by atoms with Crippen LogP contribution in [0.5, 0.6) is 5.75 Å². The first kappa shape index (κ1) is 16.1. The van der Waals surface area contributed by atoms with Gasteiger partial charge in [0.05, 0.1) is 7.11 Å². The Morgan fingerprint density at radius 2 is 1.91 bits per heavy atom. The Bertz CT molecular complexity index is 548. The van der Waals surface area contributed by atoms with Gasteiger partial charge in [0.25, 0.3) is 0 Å². The second kappa shape index (κ2) is 6.25. The van der Waals surface area contributed by atoms with Gasteiger partial charge in [0, 0.05) is 12.5 Å². The zero-order valence-electron chi connectivity index (χ0n) is 13.3. The van der Waals surface area contributed by atoms with Crippen LogP contribution in [0.2, 0.25) is 0 Å². The van der Waals surface area contributed by atoms with Crippen LogP contribution in [0, 0.1) is 0 Å². The van der Waals surface area contributed by atoms with Crippen molar-refractivity contribution in [3.8, 4) is 5.75 Å². The molecule has 1 saturated heterocycles. The van der Waals surface area contributed by atoms with Crippen molar-refractivity contribution in [2.75, 3.05) is 13.7 Å². The number of benzene rings is 1. The molecule has 0 radical (unpaired) electrons. The first-order chi connectivity index (χ1) is 10.3. The standard InChI is InChI=1S/C16H22N2O4/c1-16(2,3)22-15(20)18-13-12(9-17-14(13)19)10-5-7-11(21-4)8-6-10/h5-8,12-13H,9H2,1-4H3,(H,17,19)(H,18,20). The molecular formula is C16H22N2O4. The van der Waals surface area contributed by atoms with Gasteiger partial charge < -0.3 is 20.1 Å². The molecule has 0 aliphatic carbocycles. The first-order valence-electron chi connectivity index (χ1n) is 7.21. The molecule has 1 aliphatic rings. The Morgan fingerprint density at radius 1 is 1.27 bits per heavy atom. The van der Waals surface area contributed by atoms with Crippen molar-refractivity contribution in [3.63, 3.8) is 0 Å². The lowest BCUT2D eigenvalue weighted by Crippen LogP contribution is -2.45. The number of ether oxygens (including phenoxy) is 2. The van der Waals surface area contributed by atoms with E-state index in [1.54, 1.807) is 27.9 Å². The summed E-state index contributed by atoms with van der Waals surface area (Å²) in [6.45, 7) is 5.82. The number of rotatable bonds is 3. The van der Waals surface area contributed by atoms with E-state index in [2.05, 4.69) is 10.6 Å². The monoisotopic (exact) mass is 306 g/mol. The van der Waals surface area contributed by atoms with Crippen LogP contribution in [0.3, 0.4) is 0 Å². The van der Waals surface area contributed by atoms with E-state index in [1.165, 1.54) is 0 Å². The van der Waals surface area contributed by atoms with Crippen LogP contribution in [0.15, 0.2) is 24.3 Å². The third-order valence-corrected chi connectivity index (χ3v) is 3.40. The van der Waals surface area contributed by atoms with Crippen molar-refractivity contribution in [1.82, 2.24) is 10.6 Å². The van der Waals surface area contributed by atoms with E-state index >= 15 is 0 Å². The number of carbonyl (C=O) groups is 2. The van der Waals surface area contributed by atoms with Gasteiger partial charge in [0.2, 0.25) is 5.91 Å². The Kier molecular flexibility index (Phi) is 4.59. The van der Waals surface area contributed by atoms with E-state index < -0.39 is 17.7 Å². The number of methoxy groups -OCH3 is 1. The predicted octanol–water partition coefficient (Wildman–Crippen LogP) is 1.80. The minimum atomic E-state index is -0.636. The van der Waals surface area contributed by atoms with Crippen molar-refractivity contribution in [2.24, 2.45) is 0 Å². The molecule has 0 saturated carbocycles. The van der Waals surface area contributed by atoms with Crippen LogP contribution < -0.4 is 15.4 Å². The fourth-order valence-electron chi connectivity index (χ4n) is 2.38. The average Bonchev–Trinajstić information content (AvgIpc) is 2.78. The van der Waals surface area contributed by atoms with Gasteiger partial charge in [-0.3, -0.25) is 4.79 Å². The largest absolute Gasteiger partial charge is 0.497 e. The lowest BCUT2D eigenvalue weighted by molar-refractivity contribution is -0.121. The maximum atomic E-state index is 12.0. The SMILES string of the molecule is COc1ccc(C2CNC(=O)C2NC(=O)OC(C)(C)C)cc1. The van der Waals surface area contributed by atoms with Crippen LogP contribution >= 0.6 is 0 Å². The third-order valence-electron chi connectivity index (χ3n) is 3.40. The molecule has 0 aromatic heterocycles. The quantitative estimate of drug-likeness (QED) is 0.893. The first-order valence-corrected chi connectivity index (χ1v) is 7.21. The van der Waals surface area contributed by atoms with Gasteiger partial charge >= 0.3 is 6.09 Å². The molecule has 6 heteroatoms. The van der Waals surface area contributed by atoms with E-state index in [1.807, 2.05) is 24.3 Å². The number of carbonyl (C=O) groups excluding carboxylic acids is 2. The second-order valence-corrected chi connectivity index (χ2v) is 6.25. The summed E-state index contributed by atoms with van der Waals surface area (Å²) in [5.74, 6) is 0.412. The highest BCUT2D eigenvalue weighted by Gasteiger charge is 2.37. The normalized spacial score (nSPS) is 21.2. The highest BCUT2D eigenvalue weighted by molar-refractivity contribution is 5.89. The predicted molar refractivity (Wildman–Crippen MR) is 81.9 cm³/mol. The molecular weight excluding hydrogens is 284 g/mol. The highest BCUT2D eigenvalue weighted by Crippen LogP contribution is 2.26. The number of alkyl carbamates (subject to hydrolysis) is 1. The summed E-state index contributed by atoms with van der Waals surface area (Å²) >= 11 is 0. The molecule has 2 N–H and O–H groups in total. The lowest BCUT2D eigenvalue weighted by Gasteiger charge is -2.23. The van der Waals surface area contributed by atoms with Crippen molar-refractivity contribution in [3.05, 3.63) is 29.8 Å². The van der Waals surface area contributed by atoms with Crippen LogP contribution in [0.4, 0.5) is 4.79 Å². The van der Waals surface area contributed by atoms with Crippen molar-refractivity contribution >= 4 is 12.0 Å². The van der Waals surface area contributed by atoms with Gasteiger partial charge in [0.15, 0.2) is 0 Å². The molecule has 1 heterocycles. The molecule has 22 heavy (non-hydrogen) atoms. The van der Waals surface area contributed by atoms with Crippen molar-refractivity contribution < 1.29 is 19.1 Å². The topological polar surface area (TPSA) is 76.7 Å². The summed E-state index contributed by atoms with van der Waals surface area (Å²) in [4.78, 5) is 23.9. The van der Waals surface area contributed by atoms with Gasteiger partial charge in [-0.1, -0.05) is 12.1 Å². The molecule has 6 nitrogen and oxygen atoms in total. The lowest BCUT2D eigenvalue weighted by atomic mass is 9.94. The number of nitrogens with one attached hydrogen (secondary N) is 2. The Morgan fingerprint density at radius 3 is 2.45 bits per heavy atom. The second-order valence-electron chi connectivity index (χ2n) is 6.25. The molecule has 1 aromatic carbocycles. The fraction of sp³-hybridized carbons (Fsp3) is 0.500. The third kappa shape index (κ3) is 3.90. The van der Waals surface area contributed by atoms with Crippen LogP contribution in [-0.2, 0) is 9.53 Å². The zero-order valence-corrected chi connectivity index (χ0v) is 13.3. The minimum absolute atomic E-state index is 0.133. The van der Waals surface area contributed by atoms with Crippen molar-refractivity contribution in [1.29, 1.82) is 0 Å². The van der Waals surface area contributed by atoms with Gasteiger partial charge in [-0.05, 0) is 38.5 Å². The average molecular weight is 306 g/mol. The maximum absolute atomic E-state index is 12.0. The van der Waals surface area contributed by atoms with E-state index in [0.29, 0.717) is 6.54 Å². The molecule has 2 unspecified atom stereocenters. The summed E-state index contributed by atoms with van der Waals surface area (Å²) in [6, 6.07) is 6.83. The molecule has 1 aromatic rings. The Labute approximate surface area is 130 Å². The number of hydrogen-bond acceptors (Lipinski definition) is 4. The van der Waals surface area contributed by atoms with E-state index in [9.17, 15) is 9.59 Å². The summed E-state index contributed by atoms with van der Waals surface area (Å²) < 4.78 is 10.3. The van der Waals surface area contributed by atoms with Gasteiger partial charge in [-0.2, -0.15) is 0 Å². The number of hydrogen-bond donors (Lipinski definition) is 2. The maximum Gasteiger partial charge on any atom is 0.408 e. The van der Waals surface area contributed by atoms with Gasteiger partial charge in [-0.15, -0.1) is 0 Å². The number of amides is 2. The molecule has 2 atom stereocenters. The summed E-state index contributed by atoms with van der Waals surface area (Å²) in [5.41, 5.74) is 0.356. The van der Waals surface area contributed by atoms with E-state index in [0.717, 1.165) is 11.3 Å². The van der Waals surface area contributed by atoms with Gasteiger partial charge in [0.1, 0.15) is 17.4 Å².